The Kier molecular flexibility index (Phi) is 3.81. The van der Waals surface area contributed by atoms with Crippen LogP contribution in [0.2, 0.25) is 0 Å². The highest BCUT2D eigenvalue weighted by atomic mass is 16.5. The van der Waals surface area contributed by atoms with E-state index in [-0.39, 0.29) is 11.0 Å². The summed E-state index contributed by atoms with van der Waals surface area (Å²) in [4.78, 5) is 14.9. The highest BCUT2D eigenvalue weighted by Gasteiger charge is 2.27. The zero-order valence-electron chi connectivity index (χ0n) is 10.5. The van der Waals surface area contributed by atoms with Crippen molar-refractivity contribution in [3.8, 4) is 0 Å². The highest BCUT2D eigenvalue weighted by molar-refractivity contribution is 5.93. The number of anilines is 1. The van der Waals surface area contributed by atoms with Gasteiger partial charge >= 0.3 is 5.97 Å². The van der Waals surface area contributed by atoms with Gasteiger partial charge in [0.25, 0.3) is 0 Å². The molecule has 0 unspecified atom stereocenters. The van der Waals surface area contributed by atoms with Crippen LogP contribution >= 0.6 is 0 Å². The minimum atomic E-state index is -0.956. The molecule has 0 spiro atoms. The molecule has 0 atom stereocenters. The van der Waals surface area contributed by atoms with Crippen LogP contribution in [0, 0.1) is 5.41 Å². The van der Waals surface area contributed by atoms with Crippen molar-refractivity contribution in [1.29, 1.82) is 0 Å². The number of rotatable bonds is 4. The quantitative estimate of drug-likeness (QED) is 0.855. The summed E-state index contributed by atoms with van der Waals surface area (Å²) < 4.78 is 5.35. The predicted molar refractivity (Wildman–Crippen MR) is 67.8 cm³/mol. The maximum atomic E-state index is 11.1. The number of nitrogens with one attached hydrogen (secondary N) is 1. The SMILES string of the molecule is CC1(CNc2ccncc2C(=O)O)CCOCC1. The van der Waals surface area contributed by atoms with Crippen molar-refractivity contribution in [2.45, 2.75) is 19.8 Å². The fraction of sp³-hybridized carbons (Fsp3) is 0.538. The molecular weight excluding hydrogens is 232 g/mol. The van der Waals surface area contributed by atoms with Gasteiger partial charge in [0.05, 0.1) is 5.69 Å². The van der Waals surface area contributed by atoms with E-state index in [2.05, 4.69) is 17.2 Å². The Bertz CT molecular complexity index is 428. The van der Waals surface area contributed by atoms with Crippen molar-refractivity contribution in [2.24, 2.45) is 5.41 Å². The van der Waals surface area contributed by atoms with Gasteiger partial charge in [-0.25, -0.2) is 4.79 Å². The molecule has 1 aromatic heterocycles. The Labute approximate surface area is 106 Å². The molecule has 0 amide bonds. The van der Waals surface area contributed by atoms with Gasteiger partial charge in [-0.05, 0) is 24.3 Å². The zero-order valence-corrected chi connectivity index (χ0v) is 10.5. The normalized spacial score (nSPS) is 18.3. The van der Waals surface area contributed by atoms with Gasteiger partial charge in [0.15, 0.2) is 0 Å². The maximum absolute atomic E-state index is 11.1. The molecule has 1 fully saturated rings. The molecule has 18 heavy (non-hydrogen) atoms. The van der Waals surface area contributed by atoms with Crippen molar-refractivity contribution in [3.05, 3.63) is 24.0 Å². The molecule has 0 aromatic carbocycles. The summed E-state index contributed by atoms with van der Waals surface area (Å²) in [5.74, 6) is -0.956. The van der Waals surface area contributed by atoms with E-state index in [0.29, 0.717) is 5.69 Å². The van der Waals surface area contributed by atoms with Crippen LogP contribution < -0.4 is 5.32 Å². The van der Waals surface area contributed by atoms with Crippen LogP contribution in [0.4, 0.5) is 5.69 Å². The Morgan fingerprint density at radius 3 is 2.94 bits per heavy atom. The first-order chi connectivity index (χ1) is 8.61. The van der Waals surface area contributed by atoms with Gasteiger partial charge in [-0.2, -0.15) is 0 Å². The summed E-state index contributed by atoms with van der Waals surface area (Å²) in [6.07, 6.45) is 4.96. The molecule has 2 heterocycles. The summed E-state index contributed by atoms with van der Waals surface area (Å²) in [7, 11) is 0. The molecule has 5 nitrogen and oxygen atoms in total. The Balaban J connectivity index is 2.03. The molecule has 2 rings (SSSR count). The lowest BCUT2D eigenvalue weighted by Gasteiger charge is -2.34. The lowest BCUT2D eigenvalue weighted by atomic mass is 9.82. The average molecular weight is 250 g/mol. The number of carbonyl (C=O) groups is 1. The lowest BCUT2D eigenvalue weighted by Crippen LogP contribution is -2.33. The lowest BCUT2D eigenvalue weighted by molar-refractivity contribution is 0.0299. The standard InChI is InChI=1S/C13H18N2O3/c1-13(3-6-18-7-4-13)9-15-11-2-5-14-8-10(11)12(16)17/h2,5,8H,3-4,6-7,9H2,1H3,(H,14,15)(H,16,17). The molecule has 0 radical (unpaired) electrons. The van der Waals surface area contributed by atoms with Gasteiger partial charge in [0.1, 0.15) is 5.56 Å². The van der Waals surface area contributed by atoms with Crippen LogP contribution in [0.5, 0.6) is 0 Å². The number of aromatic carboxylic acids is 1. The molecule has 0 saturated carbocycles. The number of aromatic nitrogens is 1. The third-order valence-corrected chi connectivity index (χ3v) is 3.46. The summed E-state index contributed by atoms with van der Waals surface area (Å²) in [5, 5.41) is 12.3. The van der Waals surface area contributed by atoms with Crippen LogP contribution in [0.25, 0.3) is 0 Å². The molecule has 0 aliphatic carbocycles. The van der Waals surface area contributed by atoms with Crippen molar-refractivity contribution < 1.29 is 14.6 Å². The largest absolute Gasteiger partial charge is 0.478 e. The van der Waals surface area contributed by atoms with Gasteiger partial charge in [-0.1, -0.05) is 6.92 Å². The minimum Gasteiger partial charge on any atom is -0.478 e. The Morgan fingerprint density at radius 2 is 2.28 bits per heavy atom. The molecular formula is C13H18N2O3. The van der Waals surface area contributed by atoms with E-state index in [1.54, 1.807) is 12.3 Å². The Hall–Kier alpha value is -1.62. The maximum Gasteiger partial charge on any atom is 0.339 e. The zero-order chi connectivity index (χ0) is 13.0. The molecule has 98 valence electrons. The third-order valence-electron chi connectivity index (χ3n) is 3.46. The number of ether oxygens (including phenoxy) is 1. The van der Waals surface area contributed by atoms with E-state index in [9.17, 15) is 4.79 Å². The highest BCUT2D eigenvalue weighted by Crippen LogP contribution is 2.30. The van der Waals surface area contributed by atoms with Gasteiger partial charge in [-0.3, -0.25) is 4.98 Å². The fourth-order valence-corrected chi connectivity index (χ4v) is 2.07. The second-order valence-electron chi connectivity index (χ2n) is 5.00. The Morgan fingerprint density at radius 1 is 1.56 bits per heavy atom. The van der Waals surface area contributed by atoms with E-state index in [1.165, 1.54) is 6.20 Å². The summed E-state index contributed by atoms with van der Waals surface area (Å²) >= 11 is 0. The van der Waals surface area contributed by atoms with Crippen LogP contribution in [0.1, 0.15) is 30.1 Å². The first kappa shape index (κ1) is 12.8. The van der Waals surface area contributed by atoms with E-state index < -0.39 is 5.97 Å². The number of carboxylic acid groups (broad SMARTS) is 1. The summed E-state index contributed by atoms with van der Waals surface area (Å²) in [6.45, 7) is 4.51. The van der Waals surface area contributed by atoms with Gasteiger partial charge in [0.2, 0.25) is 0 Å². The number of nitrogens with zero attached hydrogens (tertiary/aromatic N) is 1. The average Bonchev–Trinajstić information content (AvgIpc) is 2.38. The molecule has 2 N–H and O–H groups in total. The minimum absolute atomic E-state index is 0.164. The van der Waals surface area contributed by atoms with Gasteiger partial charge in [0, 0.05) is 32.2 Å². The molecule has 1 saturated heterocycles. The van der Waals surface area contributed by atoms with Gasteiger partial charge in [-0.15, -0.1) is 0 Å². The fourth-order valence-electron chi connectivity index (χ4n) is 2.07. The van der Waals surface area contributed by atoms with Crippen LogP contribution in [0.3, 0.4) is 0 Å². The van der Waals surface area contributed by atoms with E-state index in [1.807, 2.05) is 0 Å². The topological polar surface area (TPSA) is 71.5 Å². The smallest absolute Gasteiger partial charge is 0.339 e. The van der Waals surface area contributed by atoms with Crippen LogP contribution in [0.15, 0.2) is 18.5 Å². The first-order valence-corrected chi connectivity index (χ1v) is 6.10. The second-order valence-corrected chi connectivity index (χ2v) is 5.00. The number of pyridine rings is 1. The number of carboxylic acids is 1. The van der Waals surface area contributed by atoms with Crippen LogP contribution in [-0.4, -0.2) is 35.8 Å². The number of hydrogen-bond donors (Lipinski definition) is 2. The second kappa shape index (κ2) is 5.35. The van der Waals surface area contributed by atoms with E-state index >= 15 is 0 Å². The molecule has 1 aromatic rings. The van der Waals surface area contributed by atoms with E-state index in [0.717, 1.165) is 32.6 Å². The third kappa shape index (κ3) is 2.98. The van der Waals surface area contributed by atoms with Crippen molar-refractivity contribution >= 4 is 11.7 Å². The molecule has 0 bridgehead atoms. The first-order valence-electron chi connectivity index (χ1n) is 6.10. The summed E-state index contributed by atoms with van der Waals surface area (Å²) in [6, 6.07) is 1.70. The van der Waals surface area contributed by atoms with Crippen molar-refractivity contribution in [2.75, 3.05) is 25.1 Å². The van der Waals surface area contributed by atoms with Gasteiger partial charge < -0.3 is 15.2 Å². The van der Waals surface area contributed by atoms with E-state index in [4.69, 9.17) is 9.84 Å². The monoisotopic (exact) mass is 250 g/mol. The van der Waals surface area contributed by atoms with Crippen molar-refractivity contribution in [3.63, 3.8) is 0 Å². The molecule has 1 aliphatic heterocycles. The molecule has 5 heteroatoms. The summed E-state index contributed by atoms with van der Waals surface area (Å²) in [5.41, 5.74) is 1.01. The van der Waals surface area contributed by atoms with Crippen LogP contribution in [-0.2, 0) is 4.74 Å². The predicted octanol–water partition coefficient (Wildman–Crippen LogP) is 2.01. The molecule has 1 aliphatic rings. The van der Waals surface area contributed by atoms with Crippen molar-refractivity contribution in [1.82, 2.24) is 4.98 Å². The number of hydrogen-bond acceptors (Lipinski definition) is 4.